The van der Waals surface area contributed by atoms with Crippen LogP contribution in [0.4, 0.5) is 11.4 Å². The van der Waals surface area contributed by atoms with E-state index in [1.807, 2.05) is 6.92 Å². The quantitative estimate of drug-likeness (QED) is 0.798. The maximum absolute atomic E-state index is 11.7. The summed E-state index contributed by atoms with van der Waals surface area (Å²) < 4.78 is 2.11. The second kappa shape index (κ2) is 6.71. The molecule has 4 nitrogen and oxygen atoms in total. The van der Waals surface area contributed by atoms with Crippen molar-refractivity contribution in [2.45, 2.75) is 40.2 Å². The van der Waals surface area contributed by atoms with Crippen molar-refractivity contribution < 1.29 is 4.79 Å². The van der Waals surface area contributed by atoms with Gasteiger partial charge in [-0.05, 0) is 51.0 Å². The molecular formula is C18H23N3OS. The van der Waals surface area contributed by atoms with Crippen LogP contribution in [0.5, 0.6) is 0 Å². The summed E-state index contributed by atoms with van der Waals surface area (Å²) in [7, 11) is 0. The van der Waals surface area contributed by atoms with Crippen molar-refractivity contribution in [2.24, 2.45) is 4.99 Å². The molecule has 0 bridgehead atoms. The zero-order valence-corrected chi connectivity index (χ0v) is 14.8. The van der Waals surface area contributed by atoms with Gasteiger partial charge in [-0.2, -0.15) is 0 Å². The number of hydrogen-bond acceptors (Lipinski definition) is 4. The Hall–Kier alpha value is -1.88. The van der Waals surface area contributed by atoms with Crippen LogP contribution in [-0.2, 0) is 6.54 Å². The van der Waals surface area contributed by atoms with Crippen LogP contribution in [0, 0.1) is 6.92 Å². The molecule has 0 aliphatic carbocycles. The molecule has 0 N–H and O–H groups in total. The second-order valence-corrected chi connectivity index (χ2v) is 6.90. The molecule has 23 heavy (non-hydrogen) atoms. The number of nitrogens with zero attached hydrogens (tertiary/aromatic N) is 3. The fraction of sp³-hybridized carbons (Fsp3) is 0.444. The number of hydrogen-bond donors (Lipinski definition) is 0. The lowest BCUT2D eigenvalue weighted by atomic mass is 10.2. The molecule has 0 unspecified atom stereocenters. The zero-order valence-electron chi connectivity index (χ0n) is 14.0. The lowest BCUT2D eigenvalue weighted by molar-refractivity contribution is 0.102. The third kappa shape index (κ3) is 3.24. The molecule has 5 heteroatoms. The Morgan fingerprint density at radius 2 is 1.87 bits per heavy atom. The van der Waals surface area contributed by atoms with Gasteiger partial charge in [-0.25, -0.2) is 4.99 Å². The predicted octanol–water partition coefficient (Wildman–Crippen LogP) is 3.91. The fourth-order valence-electron chi connectivity index (χ4n) is 3.09. The first kappa shape index (κ1) is 16.0. The van der Waals surface area contributed by atoms with Crippen molar-refractivity contribution in [3.63, 3.8) is 0 Å². The normalized spacial score (nSPS) is 15.4. The Bertz CT molecular complexity index is 765. The highest BCUT2D eigenvalue weighted by atomic mass is 32.1. The summed E-state index contributed by atoms with van der Waals surface area (Å²) in [4.78, 5) is 20.6. The zero-order chi connectivity index (χ0) is 16.4. The van der Waals surface area contributed by atoms with Crippen molar-refractivity contribution in [1.29, 1.82) is 0 Å². The highest BCUT2D eigenvalue weighted by Crippen LogP contribution is 2.23. The van der Waals surface area contributed by atoms with E-state index in [-0.39, 0.29) is 5.78 Å². The molecule has 1 fully saturated rings. The minimum absolute atomic E-state index is 0.112. The van der Waals surface area contributed by atoms with Crippen LogP contribution in [0.25, 0.3) is 0 Å². The molecule has 0 amide bonds. The van der Waals surface area contributed by atoms with Crippen LogP contribution in [0.15, 0.2) is 29.3 Å². The number of carbonyl (C=O) groups excluding carboxylic acids is 1. The lowest BCUT2D eigenvalue weighted by Crippen LogP contribution is -2.17. The number of aromatic nitrogens is 1. The van der Waals surface area contributed by atoms with Gasteiger partial charge in [-0.3, -0.25) is 4.79 Å². The number of thiazole rings is 1. The Morgan fingerprint density at radius 1 is 1.22 bits per heavy atom. The maximum Gasteiger partial charge on any atom is 0.190 e. The summed E-state index contributed by atoms with van der Waals surface area (Å²) in [5.41, 5.74) is 3.22. The van der Waals surface area contributed by atoms with Crippen LogP contribution in [0.2, 0.25) is 0 Å². The van der Waals surface area contributed by atoms with E-state index in [4.69, 9.17) is 4.99 Å². The first-order chi connectivity index (χ1) is 11.1. The molecule has 1 aromatic heterocycles. The Labute approximate surface area is 141 Å². The van der Waals surface area contributed by atoms with Gasteiger partial charge in [0.2, 0.25) is 0 Å². The van der Waals surface area contributed by atoms with E-state index in [1.165, 1.54) is 29.9 Å². The molecule has 122 valence electrons. The largest absolute Gasteiger partial charge is 0.372 e. The molecule has 1 aromatic carbocycles. The summed E-state index contributed by atoms with van der Waals surface area (Å²) in [6.07, 6.45) is 2.57. The van der Waals surface area contributed by atoms with Crippen LogP contribution in [0.1, 0.15) is 42.1 Å². The summed E-state index contributed by atoms with van der Waals surface area (Å²) >= 11 is 1.48. The number of rotatable bonds is 4. The van der Waals surface area contributed by atoms with Crippen molar-refractivity contribution in [3.05, 3.63) is 39.6 Å². The molecule has 3 rings (SSSR count). The van der Waals surface area contributed by atoms with Crippen LogP contribution in [-0.4, -0.2) is 23.4 Å². The minimum Gasteiger partial charge on any atom is -0.372 e. The molecule has 1 saturated heterocycles. The SMILES string of the molecule is CCn1c(C)c(C(C)=O)s/c1=N\c1ccc(N2CCCC2)cc1. The van der Waals surface area contributed by atoms with E-state index in [9.17, 15) is 4.79 Å². The predicted molar refractivity (Wildman–Crippen MR) is 95.8 cm³/mol. The van der Waals surface area contributed by atoms with Crippen LogP contribution >= 0.6 is 11.3 Å². The molecule has 0 saturated carbocycles. The average molecular weight is 329 g/mol. The van der Waals surface area contributed by atoms with Gasteiger partial charge in [0.1, 0.15) is 0 Å². The van der Waals surface area contributed by atoms with E-state index >= 15 is 0 Å². The molecule has 0 spiro atoms. The van der Waals surface area contributed by atoms with Crippen molar-refractivity contribution >= 4 is 28.5 Å². The molecule has 2 heterocycles. The van der Waals surface area contributed by atoms with Gasteiger partial charge in [-0.15, -0.1) is 0 Å². The van der Waals surface area contributed by atoms with Crippen molar-refractivity contribution in [3.8, 4) is 0 Å². The summed E-state index contributed by atoms with van der Waals surface area (Å²) in [6, 6.07) is 8.42. The van der Waals surface area contributed by atoms with Gasteiger partial charge in [0.25, 0.3) is 0 Å². The molecule has 2 aromatic rings. The van der Waals surface area contributed by atoms with E-state index in [1.54, 1.807) is 6.92 Å². The van der Waals surface area contributed by atoms with E-state index in [0.717, 1.165) is 40.7 Å². The van der Waals surface area contributed by atoms with Gasteiger partial charge in [0.05, 0.1) is 10.6 Å². The van der Waals surface area contributed by atoms with Gasteiger partial charge >= 0.3 is 0 Å². The standard InChI is InChI=1S/C18H23N3OS/c1-4-21-13(2)17(14(3)22)23-18(21)19-15-7-9-16(10-8-15)20-11-5-6-12-20/h7-10H,4-6,11-12H2,1-3H3/b19-18-. The third-order valence-corrected chi connectivity index (χ3v) is 5.62. The Kier molecular flexibility index (Phi) is 4.66. The topological polar surface area (TPSA) is 37.6 Å². The monoisotopic (exact) mass is 329 g/mol. The van der Waals surface area contributed by atoms with Gasteiger partial charge in [-0.1, -0.05) is 11.3 Å². The number of ketones is 1. The number of Topliss-reactive ketones (excluding diaryl/α,β-unsaturated/α-hetero) is 1. The van der Waals surface area contributed by atoms with E-state index in [2.05, 4.69) is 40.7 Å². The smallest absolute Gasteiger partial charge is 0.190 e. The lowest BCUT2D eigenvalue weighted by Gasteiger charge is -2.17. The van der Waals surface area contributed by atoms with Crippen LogP contribution < -0.4 is 9.70 Å². The van der Waals surface area contributed by atoms with E-state index < -0.39 is 0 Å². The maximum atomic E-state index is 11.7. The Morgan fingerprint density at radius 3 is 2.43 bits per heavy atom. The third-order valence-electron chi connectivity index (χ3n) is 4.34. The van der Waals surface area contributed by atoms with Crippen molar-refractivity contribution in [2.75, 3.05) is 18.0 Å². The van der Waals surface area contributed by atoms with Crippen molar-refractivity contribution in [1.82, 2.24) is 4.57 Å². The van der Waals surface area contributed by atoms with Gasteiger partial charge < -0.3 is 9.47 Å². The summed E-state index contributed by atoms with van der Waals surface area (Å²) in [5.74, 6) is 0.112. The molecule has 0 atom stereocenters. The minimum atomic E-state index is 0.112. The summed E-state index contributed by atoms with van der Waals surface area (Å²) in [6.45, 7) is 8.82. The first-order valence-electron chi connectivity index (χ1n) is 8.21. The van der Waals surface area contributed by atoms with Crippen LogP contribution in [0.3, 0.4) is 0 Å². The summed E-state index contributed by atoms with van der Waals surface area (Å²) in [5, 5.41) is 0. The highest BCUT2D eigenvalue weighted by molar-refractivity contribution is 7.11. The number of benzene rings is 1. The fourth-order valence-corrected chi connectivity index (χ4v) is 4.20. The number of anilines is 1. The second-order valence-electron chi connectivity index (χ2n) is 5.92. The Balaban J connectivity index is 1.95. The molecular weight excluding hydrogens is 306 g/mol. The van der Waals surface area contributed by atoms with Gasteiger partial charge in [0.15, 0.2) is 10.6 Å². The first-order valence-corrected chi connectivity index (χ1v) is 9.02. The molecule has 1 aliphatic heterocycles. The molecule has 0 radical (unpaired) electrons. The average Bonchev–Trinajstić information content (AvgIpc) is 3.16. The van der Waals surface area contributed by atoms with Gasteiger partial charge in [0, 0.05) is 37.9 Å². The number of carbonyl (C=O) groups is 1. The van der Waals surface area contributed by atoms with E-state index in [0.29, 0.717) is 0 Å². The highest BCUT2D eigenvalue weighted by Gasteiger charge is 2.13. The molecule has 1 aliphatic rings.